The van der Waals surface area contributed by atoms with Crippen molar-refractivity contribution < 1.29 is 4.79 Å². The Balaban J connectivity index is 2.52. The van der Waals surface area contributed by atoms with Crippen molar-refractivity contribution in [3.05, 3.63) is 0 Å². The van der Waals surface area contributed by atoms with Crippen molar-refractivity contribution in [1.29, 1.82) is 5.26 Å². The molecule has 2 amide bonds. The molecule has 0 aliphatic carbocycles. The minimum atomic E-state index is -0.439. The standard InChI is InChI=1S/C12H22N4O/c1-5-14(4)11(17)15-6-8-16(9-7-15)12(2,3)10-13/h5-9H2,1-4H3. The van der Waals surface area contributed by atoms with E-state index in [9.17, 15) is 4.79 Å². The number of carbonyl (C=O) groups excluding carboxylic acids is 1. The maximum atomic E-state index is 11.9. The minimum absolute atomic E-state index is 0.0851. The quantitative estimate of drug-likeness (QED) is 0.720. The first kappa shape index (κ1) is 13.8. The zero-order chi connectivity index (χ0) is 13.1. The highest BCUT2D eigenvalue weighted by Gasteiger charge is 2.31. The van der Waals surface area contributed by atoms with Gasteiger partial charge in [0, 0.05) is 39.8 Å². The van der Waals surface area contributed by atoms with Gasteiger partial charge in [-0.05, 0) is 20.8 Å². The van der Waals surface area contributed by atoms with Gasteiger partial charge in [-0.25, -0.2) is 4.79 Å². The second-order valence-electron chi connectivity index (χ2n) is 4.94. The monoisotopic (exact) mass is 238 g/mol. The summed E-state index contributed by atoms with van der Waals surface area (Å²) < 4.78 is 0. The van der Waals surface area contributed by atoms with Gasteiger partial charge in [0.15, 0.2) is 0 Å². The normalized spacial score (nSPS) is 17.7. The summed E-state index contributed by atoms with van der Waals surface area (Å²) in [7, 11) is 1.81. The molecule has 1 fully saturated rings. The topological polar surface area (TPSA) is 50.6 Å². The second kappa shape index (κ2) is 5.37. The van der Waals surface area contributed by atoms with E-state index in [4.69, 9.17) is 5.26 Å². The van der Waals surface area contributed by atoms with Gasteiger partial charge < -0.3 is 9.80 Å². The van der Waals surface area contributed by atoms with E-state index in [1.54, 1.807) is 4.90 Å². The average molecular weight is 238 g/mol. The number of amides is 2. The molecule has 1 saturated heterocycles. The predicted molar refractivity (Wildman–Crippen MR) is 66.5 cm³/mol. The Bertz CT molecular complexity index is 313. The Labute approximate surface area is 104 Å². The second-order valence-corrected chi connectivity index (χ2v) is 4.94. The summed E-state index contributed by atoms with van der Waals surface area (Å²) in [4.78, 5) is 17.6. The van der Waals surface area contributed by atoms with Crippen molar-refractivity contribution in [2.24, 2.45) is 0 Å². The van der Waals surface area contributed by atoms with Crippen LogP contribution in [-0.4, -0.2) is 66.0 Å². The fourth-order valence-corrected chi connectivity index (χ4v) is 1.90. The lowest BCUT2D eigenvalue weighted by atomic mass is 10.0. The van der Waals surface area contributed by atoms with Gasteiger partial charge >= 0.3 is 6.03 Å². The molecule has 0 aromatic heterocycles. The van der Waals surface area contributed by atoms with E-state index in [2.05, 4.69) is 11.0 Å². The van der Waals surface area contributed by atoms with Crippen molar-refractivity contribution >= 4 is 6.03 Å². The molecule has 0 radical (unpaired) electrons. The molecular formula is C12H22N4O. The van der Waals surface area contributed by atoms with Crippen LogP contribution in [0.4, 0.5) is 4.79 Å². The van der Waals surface area contributed by atoms with Crippen LogP contribution in [0.25, 0.3) is 0 Å². The lowest BCUT2D eigenvalue weighted by molar-refractivity contribution is 0.0822. The molecule has 0 N–H and O–H groups in total. The van der Waals surface area contributed by atoms with E-state index in [1.165, 1.54) is 0 Å². The first-order valence-electron chi connectivity index (χ1n) is 6.08. The number of rotatable bonds is 2. The van der Waals surface area contributed by atoms with E-state index < -0.39 is 5.54 Å². The minimum Gasteiger partial charge on any atom is -0.328 e. The van der Waals surface area contributed by atoms with Crippen molar-refractivity contribution in [1.82, 2.24) is 14.7 Å². The number of carbonyl (C=O) groups is 1. The molecule has 17 heavy (non-hydrogen) atoms. The van der Waals surface area contributed by atoms with E-state index >= 15 is 0 Å². The molecule has 0 unspecified atom stereocenters. The lowest BCUT2D eigenvalue weighted by Gasteiger charge is -2.41. The number of nitriles is 1. The number of hydrogen-bond acceptors (Lipinski definition) is 3. The summed E-state index contributed by atoms with van der Waals surface area (Å²) in [5.41, 5.74) is -0.439. The molecule has 0 atom stereocenters. The van der Waals surface area contributed by atoms with Crippen molar-refractivity contribution in [3.63, 3.8) is 0 Å². The fraction of sp³-hybridized carbons (Fsp3) is 0.833. The molecular weight excluding hydrogens is 216 g/mol. The van der Waals surface area contributed by atoms with Gasteiger partial charge in [-0.3, -0.25) is 4.90 Å². The predicted octanol–water partition coefficient (Wildman–Crippen LogP) is 0.978. The maximum absolute atomic E-state index is 11.9. The summed E-state index contributed by atoms with van der Waals surface area (Å²) in [5.74, 6) is 0. The van der Waals surface area contributed by atoms with Crippen LogP contribution in [0.15, 0.2) is 0 Å². The molecule has 0 saturated carbocycles. The highest BCUT2D eigenvalue weighted by atomic mass is 16.2. The zero-order valence-corrected chi connectivity index (χ0v) is 11.2. The molecule has 0 spiro atoms. The first-order valence-corrected chi connectivity index (χ1v) is 6.08. The zero-order valence-electron chi connectivity index (χ0n) is 11.2. The van der Waals surface area contributed by atoms with Crippen LogP contribution >= 0.6 is 0 Å². The Morgan fingerprint density at radius 2 is 1.88 bits per heavy atom. The molecule has 1 rings (SSSR count). The molecule has 1 aliphatic heterocycles. The summed E-state index contributed by atoms with van der Waals surface area (Å²) in [5, 5.41) is 9.07. The van der Waals surface area contributed by atoms with Gasteiger partial charge in [0.05, 0.1) is 6.07 Å². The van der Waals surface area contributed by atoms with Gasteiger partial charge in [-0.15, -0.1) is 0 Å². The highest BCUT2D eigenvalue weighted by Crippen LogP contribution is 2.16. The van der Waals surface area contributed by atoms with Crippen LogP contribution < -0.4 is 0 Å². The summed E-state index contributed by atoms with van der Waals surface area (Å²) in [6, 6.07) is 2.39. The number of urea groups is 1. The maximum Gasteiger partial charge on any atom is 0.319 e. The molecule has 0 bridgehead atoms. The Morgan fingerprint density at radius 1 is 1.35 bits per heavy atom. The van der Waals surface area contributed by atoms with Crippen LogP contribution in [0.2, 0.25) is 0 Å². The third-order valence-electron chi connectivity index (χ3n) is 3.42. The Morgan fingerprint density at radius 3 is 2.29 bits per heavy atom. The SMILES string of the molecule is CCN(C)C(=O)N1CCN(C(C)(C)C#N)CC1. The first-order chi connectivity index (χ1) is 7.92. The van der Waals surface area contributed by atoms with Gasteiger partial charge in [0.2, 0.25) is 0 Å². The molecule has 0 aromatic rings. The van der Waals surface area contributed by atoms with Crippen LogP contribution in [0, 0.1) is 11.3 Å². The Hall–Kier alpha value is -1.28. The van der Waals surface area contributed by atoms with Crippen molar-refractivity contribution in [2.75, 3.05) is 39.8 Å². The van der Waals surface area contributed by atoms with Gasteiger partial charge in [-0.2, -0.15) is 5.26 Å². The Kier molecular flexibility index (Phi) is 4.35. The number of piperazine rings is 1. The molecule has 5 nitrogen and oxygen atoms in total. The summed E-state index contributed by atoms with van der Waals surface area (Å²) in [6.45, 7) is 9.47. The fourth-order valence-electron chi connectivity index (χ4n) is 1.90. The average Bonchev–Trinajstić information content (AvgIpc) is 2.37. The summed E-state index contributed by atoms with van der Waals surface area (Å²) >= 11 is 0. The molecule has 1 heterocycles. The third-order valence-corrected chi connectivity index (χ3v) is 3.42. The third kappa shape index (κ3) is 3.10. The number of hydrogen-bond donors (Lipinski definition) is 0. The van der Waals surface area contributed by atoms with Crippen molar-refractivity contribution in [2.45, 2.75) is 26.3 Å². The van der Waals surface area contributed by atoms with Gasteiger partial charge in [-0.1, -0.05) is 0 Å². The summed E-state index contributed by atoms with van der Waals surface area (Å²) in [6.07, 6.45) is 0. The highest BCUT2D eigenvalue weighted by molar-refractivity contribution is 5.74. The van der Waals surface area contributed by atoms with E-state index in [1.807, 2.05) is 32.7 Å². The van der Waals surface area contributed by atoms with Crippen LogP contribution in [0.3, 0.4) is 0 Å². The molecule has 1 aliphatic rings. The van der Waals surface area contributed by atoms with E-state index in [-0.39, 0.29) is 6.03 Å². The molecule has 0 aromatic carbocycles. The van der Waals surface area contributed by atoms with Crippen LogP contribution in [-0.2, 0) is 0 Å². The van der Waals surface area contributed by atoms with Crippen LogP contribution in [0.1, 0.15) is 20.8 Å². The lowest BCUT2D eigenvalue weighted by Crippen LogP contribution is -2.56. The number of nitrogens with zero attached hydrogens (tertiary/aromatic N) is 4. The largest absolute Gasteiger partial charge is 0.328 e. The molecule has 96 valence electrons. The smallest absolute Gasteiger partial charge is 0.319 e. The van der Waals surface area contributed by atoms with E-state index in [0.717, 1.165) is 19.6 Å². The van der Waals surface area contributed by atoms with Gasteiger partial charge in [0.25, 0.3) is 0 Å². The van der Waals surface area contributed by atoms with Crippen molar-refractivity contribution in [3.8, 4) is 6.07 Å². The van der Waals surface area contributed by atoms with Gasteiger partial charge in [0.1, 0.15) is 5.54 Å². The van der Waals surface area contributed by atoms with E-state index in [0.29, 0.717) is 13.1 Å². The van der Waals surface area contributed by atoms with Crippen LogP contribution in [0.5, 0.6) is 0 Å². The molecule has 5 heteroatoms.